The maximum atomic E-state index is 12.3. The van der Waals surface area contributed by atoms with E-state index in [-0.39, 0.29) is 19.0 Å². The van der Waals surface area contributed by atoms with Gasteiger partial charge in [0, 0.05) is 31.5 Å². The molecule has 0 bridgehead atoms. The summed E-state index contributed by atoms with van der Waals surface area (Å²) in [6.45, 7) is 5.40. The number of rotatable bonds is 16. The summed E-state index contributed by atoms with van der Waals surface area (Å²) >= 11 is 0. The molecule has 3 aromatic rings. The van der Waals surface area contributed by atoms with Crippen LogP contribution >= 0.6 is 0 Å². The first kappa shape index (κ1) is 28.8. The number of carbonyl (C=O) groups is 2. The fourth-order valence-corrected chi connectivity index (χ4v) is 4.14. The lowest BCUT2D eigenvalue weighted by molar-refractivity contribution is -0.136. The molecule has 0 radical (unpaired) electrons. The average Bonchev–Trinajstić information content (AvgIpc) is 3.29. The molecule has 3 rings (SSSR count). The standard InChI is InChI=1S/C30H39N3O5/c1-3-4-5-6-10-18-31-30(36)32-21-25-20-26(15-13-23(25)14-16-28(34)35)37-19-17-27-22(2)38-29(33-27)24-11-8-7-9-12-24/h7-9,11-13,15,20H,3-6,10,14,16-19,21H2,1-2H3,(H,34,35)(H2,31,32,36). The number of urea groups is 1. The van der Waals surface area contributed by atoms with E-state index in [0.717, 1.165) is 41.0 Å². The molecule has 0 aliphatic heterocycles. The number of hydrogen-bond acceptors (Lipinski definition) is 5. The predicted octanol–water partition coefficient (Wildman–Crippen LogP) is 6.06. The maximum absolute atomic E-state index is 12.3. The van der Waals surface area contributed by atoms with Gasteiger partial charge in [0.15, 0.2) is 0 Å². The van der Waals surface area contributed by atoms with Crippen LogP contribution in [0.1, 0.15) is 68.0 Å². The second kappa shape index (κ2) is 15.4. The Morgan fingerprint density at radius 1 is 0.974 bits per heavy atom. The SMILES string of the molecule is CCCCCCCNC(=O)NCc1cc(OCCc2nc(-c3ccccc3)oc2C)ccc1CCC(=O)O. The third-order valence-corrected chi connectivity index (χ3v) is 6.31. The Bertz CT molecular complexity index is 1160. The highest BCUT2D eigenvalue weighted by Gasteiger charge is 2.13. The molecule has 0 unspecified atom stereocenters. The molecule has 0 atom stereocenters. The quantitative estimate of drug-likeness (QED) is 0.198. The number of nitrogens with one attached hydrogen (secondary N) is 2. The van der Waals surface area contributed by atoms with Gasteiger partial charge in [0.1, 0.15) is 11.5 Å². The number of carbonyl (C=O) groups excluding carboxylic acids is 1. The molecule has 0 saturated carbocycles. The first-order chi connectivity index (χ1) is 18.5. The number of aromatic nitrogens is 1. The van der Waals surface area contributed by atoms with E-state index >= 15 is 0 Å². The number of unbranched alkanes of at least 4 members (excludes halogenated alkanes) is 4. The Morgan fingerprint density at radius 2 is 1.76 bits per heavy atom. The minimum Gasteiger partial charge on any atom is -0.493 e. The Hall–Kier alpha value is -3.81. The number of nitrogens with zero attached hydrogens (tertiary/aromatic N) is 1. The van der Waals surface area contributed by atoms with Crippen LogP contribution in [0.5, 0.6) is 5.75 Å². The molecule has 3 N–H and O–H groups in total. The van der Waals surface area contributed by atoms with Crippen molar-refractivity contribution in [2.45, 2.75) is 71.8 Å². The van der Waals surface area contributed by atoms with E-state index < -0.39 is 5.97 Å². The molecule has 8 heteroatoms. The Kier molecular flexibility index (Phi) is 11.7. The molecular weight excluding hydrogens is 482 g/mol. The normalized spacial score (nSPS) is 10.8. The van der Waals surface area contributed by atoms with Crippen molar-refractivity contribution < 1.29 is 23.8 Å². The van der Waals surface area contributed by atoms with Gasteiger partial charge in [-0.2, -0.15) is 0 Å². The number of aryl methyl sites for hydroxylation is 2. The molecule has 2 amide bonds. The summed E-state index contributed by atoms with van der Waals surface area (Å²) in [5.74, 6) is 1.15. The molecular formula is C30H39N3O5. The third kappa shape index (κ3) is 9.57. The predicted molar refractivity (Wildman–Crippen MR) is 147 cm³/mol. The van der Waals surface area contributed by atoms with Crippen molar-refractivity contribution in [2.75, 3.05) is 13.2 Å². The number of aliphatic carboxylic acids is 1. The van der Waals surface area contributed by atoms with Crippen LogP contribution < -0.4 is 15.4 Å². The van der Waals surface area contributed by atoms with Crippen molar-refractivity contribution in [3.05, 3.63) is 71.1 Å². The first-order valence-corrected chi connectivity index (χ1v) is 13.5. The Balaban J connectivity index is 1.55. The zero-order chi connectivity index (χ0) is 27.2. The summed E-state index contributed by atoms with van der Waals surface area (Å²) < 4.78 is 11.8. The van der Waals surface area contributed by atoms with Crippen molar-refractivity contribution in [2.24, 2.45) is 0 Å². The van der Waals surface area contributed by atoms with E-state index in [1.807, 2.05) is 55.5 Å². The lowest BCUT2D eigenvalue weighted by Gasteiger charge is -2.14. The largest absolute Gasteiger partial charge is 0.493 e. The number of ether oxygens (including phenoxy) is 1. The third-order valence-electron chi connectivity index (χ3n) is 6.31. The fourth-order valence-electron chi connectivity index (χ4n) is 4.14. The molecule has 0 fully saturated rings. The van der Waals surface area contributed by atoms with Crippen molar-refractivity contribution in [1.29, 1.82) is 0 Å². The molecule has 0 aliphatic carbocycles. The van der Waals surface area contributed by atoms with Gasteiger partial charge < -0.3 is 24.9 Å². The highest BCUT2D eigenvalue weighted by molar-refractivity contribution is 5.73. The summed E-state index contributed by atoms with van der Waals surface area (Å²) in [7, 11) is 0. The zero-order valence-electron chi connectivity index (χ0n) is 22.4. The fraction of sp³-hybridized carbons (Fsp3) is 0.433. The lowest BCUT2D eigenvalue weighted by Crippen LogP contribution is -2.35. The number of amides is 2. The summed E-state index contributed by atoms with van der Waals surface area (Å²) in [6.07, 6.45) is 6.64. The highest BCUT2D eigenvalue weighted by atomic mass is 16.5. The van der Waals surface area contributed by atoms with Crippen molar-refractivity contribution in [3.63, 3.8) is 0 Å². The van der Waals surface area contributed by atoms with Gasteiger partial charge in [-0.25, -0.2) is 9.78 Å². The zero-order valence-corrected chi connectivity index (χ0v) is 22.4. The smallest absolute Gasteiger partial charge is 0.315 e. The highest BCUT2D eigenvalue weighted by Crippen LogP contribution is 2.23. The van der Waals surface area contributed by atoms with Gasteiger partial charge in [0.2, 0.25) is 5.89 Å². The molecule has 38 heavy (non-hydrogen) atoms. The average molecular weight is 522 g/mol. The van der Waals surface area contributed by atoms with Gasteiger partial charge in [-0.3, -0.25) is 4.79 Å². The van der Waals surface area contributed by atoms with E-state index in [1.165, 1.54) is 19.3 Å². The van der Waals surface area contributed by atoms with E-state index in [4.69, 9.17) is 14.3 Å². The minimum absolute atomic E-state index is 0.0202. The number of benzene rings is 2. The van der Waals surface area contributed by atoms with Crippen LogP contribution in [-0.2, 0) is 24.2 Å². The van der Waals surface area contributed by atoms with Crippen molar-refractivity contribution in [3.8, 4) is 17.2 Å². The van der Waals surface area contributed by atoms with Crippen molar-refractivity contribution >= 4 is 12.0 Å². The topological polar surface area (TPSA) is 114 Å². The molecule has 204 valence electrons. The number of oxazole rings is 1. The number of hydrogen-bond donors (Lipinski definition) is 3. The molecule has 0 saturated heterocycles. The van der Waals surface area contributed by atoms with E-state index in [0.29, 0.717) is 37.6 Å². The van der Waals surface area contributed by atoms with E-state index in [9.17, 15) is 9.59 Å². The Labute approximate surface area is 224 Å². The van der Waals surface area contributed by atoms with Crippen LogP contribution in [0.4, 0.5) is 4.79 Å². The molecule has 0 spiro atoms. The van der Waals surface area contributed by atoms with Crippen LogP contribution in [0.15, 0.2) is 52.9 Å². The van der Waals surface area contributed by atoms with Crippen LogP contribution in [0, 0.1) is 6.92 Å². The molecule has 8 nitrogen and oxygen atoms in total. The maximum Gasteiger partial charge on any atom is 0.315 e. The van der Waals surface area contributed by atoms with E-state index in [2.05, 4.69) is 22.5 Å². The van der Waals surface area contributed by atoms with Gasteiger partial charge >= 0.3 is 12.0 Å². The second-order valence-electron chi connectivity index (χ2n) is 9.33. The number of carboxylic acid groups (broad SMARTS) is 1. The number of carboxylic acids is 1. The summed E-state index contributed by atoms with van der Waals surface area (Å²) in [6, 6.07) is 15.1. The van der Waals surface area contributed by atoms with Gasteiger partial charge in [0.05, 0.1) is 12.3 Å². The minimum atomic E-state index is -0.858. The van der Waals surface area contributed by atoms with Crippen molar-refractivity contribution in [1.82, 2.24) is 15.6 Å². The first-order valence-electron chi connectivity index (χ1n) is 13.5. The monoisotopic (exact) mass is 521 g/mol. The second-order valence-corrected chi connectivity index (χ2v) is 9.33. The van der Waals surface area contributed by atoms with Gasteiger partial charge in [-0.05, 0) is 55.2 Å². The lowest BCUT2D eigenvalue weighted by atomic mass is 10.0. The summed E-state index contributed by atoms with van der Waals surface area (Å²) in [5, 5.41) is 14.9. The van der Waals surface area contributed by atoms with E-state index in [1.54, 1.807) is 0 Å². The summed E-state index contributed by atoms with van der Waals surface area (Å²) in [4.78, 5) is 28.0. The van der Waals surface area contributed by atoms with Crippen LogP contribution in [-0.4, -0.2) is 35.2 Å². The molecule has 1 heterocycles. The van der Waals surface area contributed by atoms with Gasteiger partial charge in [-0.1, -0.05) is 56.9 Å². The Morgan fingerprint density at radius 3 is 2.53 bits per heavy atom. The van der Waals surface area contributed by atoms with Crippen LogP contribution in [0.25, 0.3) is 11.5 Å². The summed E-state index contributed by atoms with van der Waals surface area (Å²) in [5.41, 5.74) is 3.48. The molecule has 1 aromatic heterocycles. The molecule has 2 aromatic carbocycles. The van der Waals surface area contributed by atoms with Gasteiger partial charge in [0.25, 0.3) is 0 Å². The van der Waals surface area contributed by atoms with Crippen LogP contribution in [0.3, 0.4) is 0 Å². The molecule has 0 aliphatic rings. The van der Waals surface area contributed by atoms with Gasteiger partial charge in [-0.15, -0.1) is 0 Å². The van der Waals surface area contributed by atoms with Crippen LogP contribution in [0.2, 0.25) is 0 Å².